The topological polar surface area (TPSA) is 71.9 Å². The molecule has 156 valence electrons. The number of hydrogen-bond acceptors (Lipinski definition) is 6. The molecule has 29 heavy (non-hydrogen) atoms. The van der Waals surface area contributed by atoms with Crippen molar-refractivity contribution < 1.29 is 14.3 Å². The largest absolute Gasteiger partial charge is 0.379 e. The average Bonchev–Trinajstić information content (AvgIpc) is 3.09. The Morgan fingerprint density at radius 3 is 2.90 bits per heavy atom. The summed E-state index contributed by atoms with van der Waals surface area (Å²) in [5, 5.41) is 4.46. The van der Waals surface area contributed by atoms with Crippen LogP contribution in [0.2, 0.25) is 0 Å². The second-order valence-corrected chi connectivity index (χ2v) is 8.07. The molecule has 2 fully saturated rings. The van der Waals surface area contributed by atoms with Crippen LogP contribution in [0.3, 0.4) is 0 Å². The van der Waals surface area contributed by atoms with Crippen molar-refractivity contribution >= 4 is 22.6 Å². The summed E-state index contributed by atoms with van der Waals surface area (Å²) in [4.78, 5) is 21.6. The minimum atomic E-state index is 0.171. The van der Waals surface area contributed by atoms with Crippen LogP contribution in [0.25, 0.3) is 11.0 Å². The molecule has 0 radical (unpaired) electrons. The van der Waals surface area contributed by atoms with E-state index in [4.69, 9.17) is 14.5 Å². The molecule has 3 aliphatic heterocycles. The third-order valence-corrected chi connectivity index (χ3v) is 6.19. The molecule has 0 saturated carbocycles. The summed E-state index contributed by atoms with van der Waals surface area (Å²) < 4.78 is 13.3. The summed E-state index contributed by atoms with van der Waals surface area (Å²) in [6.45, 7) is 7.80. The Morgan fingerprint density at radius 1 is 1.24 bits per heavy atom. The van der Waals surface area contributed by atoms with Crippen molar-refractivity contribution in [2.24, 2.45) is 0 Å². The van der Waals surface area contributed by atoms with E-state index in [-0.39, 0.29) is 5.91 Å². The van der Waals surface area contributed by atoms with Gasteiger partial charge in [0.25, 0.3) is 0 Å². The maximum Gasteiger partial charge on any atom is 0.225 e. The second kappa shape index (κ2) is 8.30. The number of amides is 1. The third-order valence-electron chi connectivity index (χ3n) is 6.19. The SMILES string of the molecule is O=C(CCOCC1CCN1)N1CCn2c(cc3cc(N4CCOCC4)cnc32)C1. The lowest BCUT2D eigenvalue weighted by Gasteiger charge is -2.29. The van der Waals surface area contributed by atoms with E-state index in [1.807, 2.05) is 11.1 Å². The maximum absolute atomic E-state index is 12.6. The van der Waals surface area contributed by atoms with Crippen molar-refractivity contribution in [2.45, 2.75) is 32.0 Å². The van der Waals surface area contributed by atoms with Crippen LogP contribution in [0.1, 0.15) is 18.5 Å². The van der Waals surface area contributed by atoms with Gasteiger partial charge < -0.3 is 29.2 Å². The summed E-state index contributed by atoms with van der Waals surface area (Å²) >= 11 is 0. The molecule has 1 atom stereocenters. The number of anilines is 1. The number of aromatic nitrogens is 2. The summed E-state index contributed by atoms with van der Waals surface area (Å²) in [5.41, 5.74) is 3.32. The lowest BCUT2D eigenvalue weighted by molar-refractivity contribution is -0.133. The Kier molecular flexibility index (Phi) is 5.39. The number of rotatable bonds is 6. The normalized spacial score (nSPS) is 21.9. The van der Waals surface area contributed by atoms with Gasteiger partial charge in [-0.2, -0.15) is 0 Å². The summed E-state index contributed by atoms with van der Waals surface area (Å²) in [6, 6.07) is 4.88. The van der Waals surface area contributed by atoms with Crippen molar-refractivity contribution in [2.75, 3.05) is 57.5 Å². The molecule has 0 spiro atoms. The van der Waals surface area contributed by atoms with Crippen molar-refractivity contribution in [3.8, 4) is 0 Å². The molecule has 1 N–H and O–H groups in total. The zero-order valence-electron chi connectivity index (χ0n) is 16.8. The zero-order valence-corrected chi connectivity index (χ0v) is 16.8. The monoisotopic (exact) mass is 399 g/mol. The van der Waals surface area contributed by atoms with Gasteiger partial charge in [0.1, 0.15) is 5.65 Å². The highest BCUT2D eigenvalue weighted by molar-refractivity contribution is 5.82. The van der Waals surface area contributed by atoms with E-state index >= 15 is 0 Å². The van der Waals surface area contributed by atoms with Gasteiger partial charge >= 0.3 is 0 Å². The maximum atomic E-state index is 12.6. The molecular weight excluding hydrogens is 370 g/mol. The van der Waals surface area contributed by atoms with Gasteiger partial charge in [0.2, 0.25) is 5.91 Å². The lowest BCUT2D eigenvalue weighted by atomic mass is 10.1. The highest BCUT2D eigenvalue weighted by atomic mass is 16.5. The lowest BCUT2D eigenvalue weighted by Crippen LogP contribution is -2.46. The van der Waals surface area contributed by atoms with Crippen molar-refractivity contribution in [1.82, 2.24) is 19.8 Å². The van der Waals surface area contributed by atoms with Crippen LogP contribution >= 0.6 is 0 Å². The van der Waals surface area contributed by atoms with E-state index in [0.717, 1.165) is 68.4 Å². The first-order valence-corrected chi connectivity index (χ1v) is 10.7. The molecule has 5 heterocycles. The van der Waals surface area contributed by atoms with Crippen molar-refractivity contribution in [3.05, 3.63) is 24.0 Å². The molecule has 0 aromatic carbocycles. The Balaban J connectivity index is 1.21. The first-order valence-electron chi connectivity index (χ1n) is 10.7. The van der Waals surface area contributed by atoms with Gasteiger partial charge in [-0.15, -0.1) is 0 Å². The van der Waals surface area contributed by atoms with Crippen LogP contribution in [-0.4, -0.2) is 79.0 Å². The number of fused-ring (bicyclic) bond motifs is 3. The highest BCUT2D eigenvalue weighted by Crippen LogP contribution is 2.27. The number of carbonyl (C=O) groups is 1. The molecule has 0 aliphatic carbocycles. The van der Waals surface area contributed by atoms with Gasteiger partial charge in [-0.3, -0.25) is 4.79 Å². The fraction of sp³-hybridized carbons (Fsp3) is 0.619. The average molecular weight is 399 g/mol. The number of pyridine rings is 1. The molecule has 8 nitrogen and oxygen atoms in total. The first-order chi connectivity index (χ1) is 14.3. The van der Waals surface area contributed by atoms with E-state index in [1.165, 1.54) is 6.42 Å². The van der Waals surface area contributed by atoms with Crippen molar-refractivity contribution in [1.29, 1.82) is 0 Å². The molecule has 0 bridgehead atoms. The van der Waals surface area contributed by atoms with Crippen LogP contribution in [0.15, 0.2) is 18.3 Å². The minimum Gasteiger partial charge on any atom is -0.379 e. The molecule has 2 saturated heterocycles. The van der Waals surface area contributed by atoms with Crippen LogP contribution in [0.5, 0.6) is 0 Å². The number of nitrogens with one attached hydrogen (secondary N) is 1. The van der Waals surface area contributed by atoms with Crippen molar-refractivity contribution in [3.63, 3.8) is 0 Å². The van der Waals surface area contributed by atoms with Gasteiger partial charge in [0.05, 0.1) is 51.3 Å². The minimum absolute atomic E-state index is 0.171. The van der Waals surface area contributed by atoms with E-state index in [9.17, 15) is 4.79 Å². The number of nitrogens with zero attached hydrogens (tertiary/aromatic N) is 4. The van der Waals surface area contributed by atoms with Crippen LogP contribution in [0, 0.1) is 0 Å². The van der Waals surface area contributed by atoms with E-state index in [2.05, 4.69) is 26.9 Å². The summed E-state index contributed by atoms with van der Waals surface area (Å²) in [5.74, 6) is 0.171. The molecule has 5 rings (SSSR count). The van der Waals surface area contributed by atoms with Gasteiger partial charge in [0.15, 0.2) is 0 Å². The van der Waals surface area contributed by atoms with Gasteiger partial charge in [0, 0.05) is 43.3 Å². The molecule has 8 heteroatoms. The number of carbonyl (C=O) groups excluding carboxylic acids is 1. The Hall–Kier alpha value is -2.16. The van der Waals surface area contributed by atoms with Gasteiger partial charge in [-0.1, -0.05) is 0 Å². The van der Waals surface area contributed by atoms with Gasteiger partial charge in [-0.05, 0) is 25.1 Å². The number of morpholine rings is 1. The van der Waals surface area contributed by atoms with E-state index in [0.29, 0.717) is 32.2 Å². The smallest absolute Gasteiger partial charge is 0.225 e. The first kappa shape index (κ1) is 18.8. The molecule has 3 aliphatic rings. The third kappa shape index (κ3) is 3.97. The molecular formula is C21H29N5O3. The van der Waals surface area contributed by atoms with Gasteiger partial charge in [-0.25, -0.2) is 4.98 Å². The van der Waals surface area contributed by atoms with Crippen LogP contribution < -0.4 is 10.2 Å². The summed E-state index contributed by atoms with van der Waals surface area (Å²) in [6.07, 6.45) is 3.59. The summed E-state index contributed by atoms with van der Waals surface area (Å²) in [7, 11) is 0. The fourth-order valence-corrected chi connectivity index (χ4v) is 4.31. The zero-order chi connectivity index (χ0) is 19.6. The Morgan fingerprint density at radius 2 is 2.10 bits per heavy atom. The molecule has 2 aromatic rings. The van der Waals surface area contributed by atoms with E-state index in [1.54, 1.807) is 0 Å². The molecule has 2 aromatic heterocycles. The highest BCUT2D eigenvalue weighted by Gasteiger charge is 2.24. The quantitative estimate of drug-likeness (QED) is 0.731. The van der Waals surface area contributed by atoms with E-state index < -0.39 is 0 Å². The van der Waals surface area contributed by atoms with Crippen LogP contribution in [-0.2, 0) is 27.4 Å². The molecule has 1 amide bonds. The predicted molar refractivity (Wildman–Crippen MR) is 110 cm³/mol. The number of ether oxygens (including phenoxy) is 2. The molecule has 1 unspecified atom stereocenters. The standard InChI is InChI=1S/C21H29N5O3/c27-20(2-8-29-15-17-1-3-22-17)25-4-5-26-19(14-25)12-16-11-18(13-23-21(16)26)24-6-9-28-10-7-24/h11-13,17,22H,1-10,14-15H2. The Bertz CT molecular complexity index is 873. The predicted octanol–water partition coefficient (Wildman–Crippen LogP) is 0.984. The number of hydrogen-bond donors (Lipinski definition) is 1. The Labute approximate surface area is 170 Å². The van der Waals surface area contributed by atoms with Crippen LogP contribution in [0.4, 0.5) is 5.69 Å². The second-order valence-electron chi connectivity index (χ2n) is 8.07. The fourth-order valence-electron chi connectivity index (χ4n) is 4.31.